The van der Waals surface area contributed by atoms with Crippen molar-refractivity contribution >= 4 is 5.97 Å². The number of hydrogen-bond acceptors (Lipinski definition) is 3. The number of fused-ring (bicyclic) bond motifs is 2. The number of rotatable bonds is 2. The van der Waals surface area contributed by atoms with Crippen molar-refractivity contribution in [3.8, 4) is 0 Å². The Bertz CT molecular complexity index is 195. The first-order chi connectivity index (χ1) is 6.24. The van der Waals surface area contributed by atoms with Crippen LogP contribution in [-0.4, -0.2) is 36.4 Å². The summed E-state index contributed by atoms with van der Waals surface area (Å²) < 4.78 is 5.38. The highest BCUT2D eigenvalue weighted by Gasteiger charge is 2.32. The average molecular weight is 185 g/mol. The number of carbonyl (C=O) groups is 1. The quantitative estimate of drug-likeness (QED) is 0.646. The van der Waals surface area contributed by atoms with E-state index in [-0.39, 0.29) is 0 Å². The number of ether oxygens (including phenoxy) is 1. The predicted octanol–water partition coefficient (Wildman–Crippen LogP) is 0.228. The second-order valence-corrected chi connectivity index (χ2v) is 4.03. The monoisotopic (exact) mass is 185 g/mol. The van der Waals surface area contributed by atoms with Gasteiger partial charge < -0.3 is 15.2 Å². The second kappa shape index (κ2) is 3.64. The first-order valence-electron chi connectivity index (χ1n) is 4.79. The lowest BCUT2D eigenvalue weighted by Gasteiger charge is -2.39. The van der Waals surface area contributed by atoms with Crippen LogP contribution in [0.4, 0.5) is 0 Å². The molecule has 2 aliphatic heterocycles. The van der Waals surface area contributed by atoms with Crippen molar-refractivity contribution in [3.05, 3.63) is 0 Å². The van der Waals surface area contributed by atoms with Gasteiger partial charge in [0.2, 0.25) is 0 Å². The molecule has 2 rings (SSSR count). The number of aliphatic carboxylic acids is 1. The molecular weight excluding hydrogens is 170 g/mol. The Labute approximate surface area is 77.3 Å². The fourth-order valence-electron chi connectivity index (χ4n) is 2.37. The fraction of sp³-hybridized carbons (Fsp3) is 0.889. The van der Waals surface area contributed by atoms with E-state index in [2.05, 4.69) is 5.32 Å². The average Bonchev–Trinajstić information content (AvgIpc) is 2.01. The van der Waals surface area contributed by atoms with Gasteiger partial charge in [-0.1, -0.05) is 0 Å². The Kier molecular flexibility index (Phi) is 2.51. The van der Waals surface area contributed by atoms with Crippen LogP contribution in [-0.2, 0) is 9.53 Å². The van der Waals surface area contributed by atoms with Gasteiger partial charge in [0, 0.05) is 18.5 Å². The summed E-state index contributed by atoms with van der Waals surface area (Å²) in [6.07, 6.45) is 2.21. The van der Waals surface area contributed by atoms with Gasteiger partial charge in [-0.3, -0.25) is 4.79 Å². The van der Waals surface area contributed by atoms with Crippen LogP contribution < -0.4 is 5.32 Å². The highest BCUT2D eigenvalue weighted by Crippen LogP contribution is 2.26. The van der Waals surface area contributed by atoms with Crippen LogP contribution in [0, 0.1) is 5.92 Å². The molecule has 2 bridgehead atoms. The Balaban J connectivity index is 1.90. The van der Waals surface area contributed by atoms with Gasteiger partial charge in [-0.05, 0) is 18.8 Å². The van der Waals surface area contributed by atoms with Crippen molar-refractivity contribution < 1.29 is 14.6 Å². The van der Waals surface area contributed by atoms with Gasteiger partial charge in [0.15, 0.2) is 0 Å². The van der Waals surface area contributed by atoms with Gasteiger partial charge in [-0.15, -0.1) is 0 Å². The van der Waals surface area contributed by atoms with E-state index in [1.807, 2.05) is 0 Å². The van der Waals surface area contributed by atoms with Crippen molar-refractivity contribution in [3.63, 3.8) is 0 Å². The minimum absolute atomic E-state index is 0.314. The molecule has 2 heterocycles. The Hall–Kier alpha value is -0.610. The number of piperidine rings is 1. The maximum Gasteiger partial charge on any atom is 0.303 e. The molecule has 0 aromatic rings. The molecule has 2 N–H and O–H groups in total. The van der Waals surface area contributed by atoms with Crippen LogP contribution in [0.3, 0.4) is 0 Å². The zero-order valence-corrected chi connectivity index (χ0v) is 7.53. The standard InChI is InChI=1S/C9H15NO3/c11-9(12)3-6-1-7-4-13-5-8(2-6)10-7/h6-8,10H,1-5H2,(H,11,12). The summed E-state index contributed by atoms with van der Waals surface area (Å²) in [5, 5.41) is 12.1. The molecule has 2 saturated heterocycles. The Morgan fingerprint density at radius 2 is 2.00 bits per heavy atom. The molecule has 0 aliphatic carbocycles. The molecule has 2 aliphatic rings. The van der Waals surface area contributed by atoms with Gasteiger partial charge >= 0.3 is 5.97 Å². The minimum atomic E-state index is -0.675. The highest BCUT2D eigenvalue weighted by atomic mass is 16.5. The minimum Gasteiger partial charge on any atom is -0.481 e. The van der Waals surface area contributed by atoms with E-state index >= 15 is 0 Å². The van der Waals surface area contributed by atoms with Crippen molar-refractivity contribution in [1.29, 1.82) is 0 Å². The lowest BCUT2D eigenvalue weighted by Crippen LogP contribution is -2.54. The van der Waals surface area contributed by atoms with E-state index in [9.17, 15) is 4.79 Å². The summed E-state index contributed by atoms with van der Waals surface area (Å²) in [7, 11) is 0. The van der Waals surface area contributed by atoms with Crippen LogP contribution in [0.5, 0.6) is 0 Å². The van der Waals surface area contributed by atoms with E-state index < -0.39 is 5.97 Å². The van der Waals surface area contributed by atoms with Gasteiger partial charge in [0.25, 0.3) is 0 Å². The maximum atomic E-state index is 10.5. The van der Waals surface area contributed by atoms with Gasteiger partial charge in [-0.25, -0.2) is 0 Å². The third-order valence-corrected chi connectivity index (χ3v) is 2.81. The molecule has 4 heteroatoms. The van der Waals surface area contributed by atoms with Crippen molar-refractivity contribution in [2.75, 3.05) is 13.2 Å². The summed E-state index contributed by atoms with van der Waals surface area (Å²) in [6, 6.07) is 0.772. The Morgan fingerprint density at radius 3 is 2.54 bits per heavy atom. The number of carboxylic acid groups (broad SMARTS) is 1. The smallest absolute Gasteiger partial charge is 0.303 e. The van der Waals surface area contributed by atoms with Gasteiger partial charge in [0.1, 0.15) is 0 Å². The molecule has 0 aromatic carbocycles. The molecule has 4 nitrogen and oxygen atoms in total. The third-order valence-electron chi connectivity index (χ3n) is 2.81. The largest absolute Gasteiger partial charge is 0.481 e. The molecule has 0 amide bonds. The lowest BCUT2D eigenvalue weighted by atomic mass is 9.85. The molecule has 0 saturated carbocycles. The molecule has 2 unspecified atom stereocenters. The number of nitrogens with one attached hydrogen (secondary N) is 1. The number of carboxylic acids is 1. The molecule has 2 atom stereocenters. The normalized spacial score (nSPS) is 38.6. The van der Waals surface area contributed by atoms with E-state index in [0.717, 1.165) is 26.1 Å². The fourth-order valence-corrected chi connectivity index (χ4v) is 2.37. The van der Waals surface area contributed by atoms with Crippen LogP contribution in [0.25, 0.3) is 0 Å². The summed E-state index contributed by atoms with van der Waals surface area (Å²) >= 11 is 0. The molecule has 13 heavy (non-hydrogen) atoms. The first kappa shape index (κ1) is 8.97. The molecule has 2 fully saturated rings. The van der Waals surface area contributed by atoms with Gasteiger partial charge in [0.05, 0.1) is 13.2 Å². The van der Waals surface area contributed by atoms with Gasteiger partial charge in [-0.2, -0.15) is 0 Å². The zero-order valence-electron chi connectivity index (χ0n) is 7.53. The summed E-state index contributed by atoms with van der Waals surface area (Å²) in [6.45, 7) is 1.49. The Morgan fingerprint density at radius 1 is 1.38 bits per heavy atom. The first-order valence-corrected chi connectivity index (χ1v) is 4.79. The van der Waals surface area contributed by atoms with Crippen LogP contribution in [0.1, 0.15) is 19.3 Å². The van der Waals surface area contributed by atoms with Crippen molar-refractivity contribution in [2.45, 2.75) is 31.3 Å². The summed E-state index contributed by atoms with van der Waals surface area (Å²) in [5.41, 5.74) is 0. The third kappa shape index (κ3) is 2.19. The van der Waals surface area contributed by atoms with E-state index in [1.165, 1.54) is 0 Å². The summed E-state index contributed by atoms with van der Waals surface area (Å²) in [5.74, 6) is -0.330. The van der Waals surface area contributed by atoms with Crippen LogP contribution in [0.15, 0.2) is 0 Å². The SMILES string of the molecule is O=C(O)CC1CC2COCC(C1)N2. The predicted molar refractivity (Wildman–Crippen MR) is 46.5 cm³/mol. The van der Waals surface area contributed by atoms with Crippen molar-refractivity contribution in [2.24, 2.45) is 5.92 Å². The zero-order chi connectivity index (χ0) is 9.26. The molecule has 0 radical (unpaired) electrons. The topological polar surface area (TPSA) is 58.6 Å². The molecule has 74 valence electrons. The van der Waals surface area contributed by atoms with E-state index in [1.54, 1.807) is 0 Å². The van der Waals surface area contributed by atoms with Crippen LogP contribution >= 0.6 is 0 Å². The number of morpholine rings is 1. The molecule has 0 aromatic heterocycles. The second-order valence-electron chi connectivity index (χ2n) is 4.03. The van der Waals surface area contributed by atoms with E-state index in [4.69, 9.17) is 9.84 Å². The molecule has 0 spiro atoms. The summed E-state index contributed by atoms with van der Waals surface area (Å²) in [4.78, 5) is 10.5. The maximum absolute atomic E-state index is 10.5. The van der Waals surface area contributed by atoms with Crippen LogP contribution in [0.2, 0.25) is 0 Å². The lowest BCUT2D eigenvalue weighted by molar-refractivity contribution is -0.138. The van der Waals surface area contributed by atoms with Crippen molar-refractivity contribution in [1.82, 2.24) is 5.32 Å². The number of hydrogen-bond donors (Lipinski definition) is 2. The van der Waals surface area contributed by atoms with E-state index in [0.29, 0.717) is 24.4 Å². The highest BCUT2D eigenvalue weighted by molar-refractivity contribution is 5.67. The molecular formula is C9H15NO3.